The first-order valence-electron chi connectivity index (χ1n) is 3.39. The van der Waals surface area contributed by atoms with E-state index in [1.807, 2.05) is 22.6 Å². The minimum Gasteiger partial charge on any atom is -0.325 e. The second kappa shape index (κ2) is 4.61. The molecule has 0 radical (unpaired) electrons. The number of nitrogens with two attached hydrogens (primary N) is 1. The van der Waals surface area contributed by atoms with Crippen LogP contribution in [0.2, 0.25) is 0 Å². The van der Waals surface area contributed by atoms with Gasteiger partial charge in [0, 0.05) is 16.6 Å². The van der Waals surface area contributed by atoms with Crippen molar-refractivity contribution in [2.75, 3.05) is 0 Å². The van der Waals surface area contributed by atoms with E-state index in [-0.39, 0.29) is 12.1 Å². The Labute approximate surface area is 96.2 Å². The van der Waals surface area contributed by atoms with E-state index < -0.39 is 6.43 Å². The summed E-state index contributed by atoms with van der Waals surface area (Å²) in [5, 5.41) is 0. The number of halogens is 4. The molecule has 0 bridgehead atoms. The molecule has 0 saturated carbocycles. The molecule has 0 aliphatic heterocycles. The Balaban J connectivity index is 3.27. The van der Waals surface area contributed by atoms with E-state index >= 15 is 0 Å². The molecular formula is C7H6BrF2IN2. The van der Waals surface area contributed by atoms with Gasteiger partial charge >= 0.3 is 0 Å². The van der Waals surface area contributed by atoms with Crippen LogP contribution in [0.1, 0.15) is 17.7 Å². The number of rotatable bonds is 2. The van der Waals surface area contributed by atoms with E-state index in [4.69, 9.17) is 5.73 Å². The smallest absolute Gasteiger partial charge is 0.265 e. The van der Waals surface area contributed by atoms with Crippen molar-refractivity contribution in [3.05, 3.63) is 25.5 Å². The molecule has 13 heavy (non-hydrogen) atoms. The van der Waals surface area contributed by atoms with Crippen molar-refractivity contribution in [3.63, 3.8) is 0 Å². The van der Waals surface area contributed by atoms with Crippen LogP contribution < -0.4 is 5.73 Å². The molecule has 0 atom stereocenters. The lowest BCUT2D eigenvalue weighted by atomic mass is 10.2. The number of pyridine rings is 1. The Hall–Kier alpha value is 0.180. The van der Waals surface area contributed by atoms with Crippen LogP contribution in [0.4, 0.5) is 8.78 Å². The Bertz CT molecular complexity index is 320. The largest absolute Gasteiger partial charge is 0.325 e. The Morgan fingerprint density at radius 1 is 1.62 bits per heavy atom. The van der Waals surface area contributed by atoms with Gasteiger partial charge < -0.3 is 5.73 Å². The molecule has 0 aliphatic rings. The number of hydrogen-bond donors (Lipinski definition) is 1. The number of alkyl halides is 2. The van der Waals surface area contributed by atoms with Crippen LogP contribution in [0.15, 0.2) is 10.5 Å². The zero-order valence-electron chi connectivity index (χ0n) is 6.40. The predicted octanol–water partition coefficient (Wildman–Crippen LogP) is 2.85. The summed E-state index contributed by atoms with van der Waals surface area (Å²) in [5.74, 6) is 0. The van der Waals surface area contributed by atoms with E-state index in [0.717, 1.165) is 0 Å². The molecule has 0 unspecified atom stereocenters. The summed E-state index contributed by atoms with van der Waals surface area (Å²) in [6, 6.07) is 1.34. The van der Waals surface area contributed by atoms with Crippen LogP contribution in [-0.2, 0) is 6.54 Å². The zero-order valence-corrected chi connectivity index (χ0v) is 10.1. The SMILES string of the molecule is NCc1nc(I)cc(C(F)F)c1Br. The van der Waals surface area contributed by atoms with Crippen molar-refractivity contribution in [2.45, 2.75) is 13.0 Å². The van der Waals surface area contributed by atoms with Crippen molar-refractivity contribution in [2.24, 2.45) is 5.73 Å². The maximum Gasteiger partial charge on any atom is 0.265 e. The van der Waals surface area contributed by atoms with E-state index in [1.165, 1.54) is 6.07 Å². The molecule has 2 N–H and O–H groups in total. The summed E-state index contributed by atoms with van der Waals surface area (Å²) in [6.07, 6.45) is -2.50. The maximum absolute atomic E-state index is 12.4. The van der Waals surface area contributed by atoms with Gasteiger partial charge in [0.1, 0.15) is 3.70 Å². The van der Waals surface area contributed by atoms with Crippen LogP contribution in [-0.4, -0.2) is 4.98 Å². The molecule has 0 spiro atoms. The minimum atomic E-state index is -2.50. The molecule has 0 aliphatic carbocycles. The highest BCUT2D eigenvalue weighted by Crippen LogP contribution is 2.30. The normalized spacial score (nSPS) is 10.9. The lowest BCUT2D eigenvalue weighted by Gasteiger charge is -2.07. The van der Waals surface area contributed by atoms with Gasteiger partial charge in [-0.3, -0.25) is 0 Å². The monoisotopic (exact) mass is 362 g/mol. The summed E-state index contributed by atoms with van der Waals surface area (Å²) in [4.78, 5) is 4.02. The van der Waals surface area contributed by atoms with Gasteiger partial charge in [-0.25, -0.2) is 13.8 Å². The van der Waals surface area contributed by atoms with Crippen molar-refractivity contribution in [1.82, 2.24) is 4.98 Å². The minimum absolute atomic E-state index is 0.0557. The fourth-order valence-corrected chi connectivity index (χ4v) is 2.03. The highest BCUT2D eigenvalue weighted by atomic mass is 127. The van der Waals surface area contributed by atoms with Crippen molar-refractivity contribution in [3.8, 4) is 0 Å². The second-order valence-electron chi connectivity index (χ2n) is 2.30. The van der Waals surface area contributed by atoms with Gasteiger partial charge in [-0.1, -0.05) is 0 Å². The maximum atomic E-state index is 12.4. The topological polar surface area (TPSA) is 38.9 Å². The first kappa shape index (κ1) is 11.3. The molecule has 2 nitrogen and oxygen atoms in total. The number of nitrogens with zero attached hydrogens (tertiary/aromatic N) is 1. The average Bonchev–Trinajstić information content (AvgIpc) is 2.08. The van der Waals surface area contributed by atoms with Gasteiger partial charge in [0.2, 0.25) is 0 Å². The molecular weight excluding hydrogens is 357 g/mol. The number of aromatic nitrogens is 1. The molecule has 1 rings (SSSR count). The highest BCUT2D eigenvalue weighted by molar-refractivity contribution is 14.1. The third-order valence-corrected chi connectivity index (χ3v) is 2.92. The lowest BCUT2D eigenvalue weighted by Crippen LogP contribution is -2.04. The van der Waals surface area contributed by atoms with E-state index in [2.05, 4.69) is 20.9 Å². The van der Waals surface area contributed by atoms with Crippen LogP contribution in [0.3, 0.4) is 0 Å². The average molecular weight is 363 g/mol. The summed E-state index contributed by atoms with van der Waals surface area (Å²) in [6.45, 7) is 0.150. The van der Waals surface area contributed by atoms with Crippen LogP contribution in [0.25, 0.3) is 0 Å². The van der Waals surface area contributed by atoms with Crippen LogP contribution >= 0.6 is 38.5 Å². The quantitative estimate of drug-likeness (QED) is 0.649. The van der Waals surface area contributed by atoms with Crippen molar-refractivity contribution in [1.29, 1.82) is 0 Å². The summed E-state index contributed by atoms with van der Waals surface area (Å²) < 4.78 is 25.7. The van der Waals surface area contributed by atoms with E-state index in [9.17, 15) is 8.78 Å². The Morgan fingerprint density at radius 3 is 2.69 bits per heavy atom. The molecule has 1 heterocycles. The van der Waals surface area contributed by atoms with E-state index in [1.54, 1.807) is 0 Å². The van der Waals surface area contributed by atoms with Gasteiger partial charge in [0.15, 0.2) is 0 Å². The van der Waals surface area contributed by atoms with Gasteiger partial charge in [-0.15, -0.1) is 0 Å². The molecule has 0 amide bonds. The molecule has 6 heteroatoms. The number of hydrogen-bond acceptors (Lipinski definition) is 2. The van der Waals surface area contributed by atoms with Gasteiger partial charge in [0.25, 0.3) is 6.43 Å². The molecule has 0 aromatic carbocycles. The summed E-state index contributed by atoms with van der Waals surface area (Å²) >= 11 is 4.93. The summed E-state index contributed by atoms with van der Waals surface area (Å²) in [7, 11) is 0. The van der Waals surface area contributed by atoms with E-state index in [0.29, 0.717) is 13.9 Å². The first-order valence-corrected chi connectivity index (χ1v) is 5.26. The van der Waals surface area contributed by atoms with Gasteiger partial charge in [0.05, 0.1) is 5.69 Å². The predicted molar refractivity (Wildman–Crippen MR) is 57.5 cm³/mol. The third-order valence-electron chi connectivity index (χ3n) is 1.45. The highest BCUT2D eigenvalue weighted by Gasteiger charge is 2.15. The Kier molecular flexibility index (Phi) is 3.99. The molecule has 0 fully saturated rings. The molecule has 0 saturated heterocycles. The van der Waals surface area contributed by atoms with Gasteiger partial charge in [-0.2, -0.15) is 0 Å². The standard InChI is InChI=1S/C7H6BrF2IN2/c8-6-3(7(9)10)1-5(11)13-4(6)2-12/h1,7H,2,12H2. The Morgan fingerprint density at radius 2 is 2.23 bits per heavy atom. The fraction of sp³-hybridized carbons (Fsp3) is 0.286. The van der Waals surface area contributed by atoms with Crippen LogP contribution in [0.5, 0.6) is 0 Å². The van der Waals surface area contributed by atoms with Crippen molar-refractivity contribution < 1.29 is 8.78 Å². The first-order chi connectivity index (χ1) is 6.06. The molecule has 72 valence electrons. The second-order valence-corrected chi connectivity index (χ2v) is 4.20. The van der Waals surface area contributed by atoms with Crippen LogP contribution in [0, 0.1) is 3.70 Å². The summed E-state index contributed by atoms with van der Waals surface area (Å²) in [5.41, 5.74) is 5.75. The fourth-order valence-electron chi connectivity index (χ4n) is 0.863. The van der Waals surface area contributed by atoms with Crippen molar-refractivity contribution >= 4 is 38.5 Å². The zero-order chi connectivity index (χ0) is 10.0. The van der Waals surface area contributed by atoms with Gasteiger partial charge in [-0.05, 0) is 44.6 Å². The molecule has 1 aromatic rings. The molecule has 1 aromatic heterocycles. The lowest BCUT2D eigenvalue weighted by molar-refractivity contribution is 0.150. The third kappa shape index (κ3) is 2.57.